The first-order valence-electron chi connectivity index (χ1n) is 6.67. The molecule has 4 aromatic rings. The van der Waals surface area contributed by atoms with Gasteiger partial charge < -0.3 is 4.57 Å². The number of halogens is 1. The number of nitrogens with zero attached hydrogens (tertiary/aromatic N) is 2. The van der Waals surface area contributed by atoms with Gasteiger partial charge in [0.05, 0.1) is 12.4 Å². The maximum atomic E-state index is 12.6. The summed E-state index contributed by atoms with van der Waals surface area (Å²) in [6.45, 7) is 0. The quantitative estimate of drug-likeness (QED) is 0.393. The van der Waals surface area contributed by atoms with Gasteiger partial charge in [-0.1, -0.05) is 18.2 Å². The minimum Gasteiger partial charge on any atom is -0.318 e. The van der Waals surface area contributed by atoms with Crippen molar-refractivity contribution in [2.24, 2.45) is 14.1 Å². The van der Waals surface area contributed by atoms with Crippen LogP contribution in [0.4, 0.5) is 0 Å². The first kappa shape index (κ1) is 12.4. The molecule has 0 saturated carbocycles. The van der Waals surface area contributed by atoms with E-state index in [0.717, 1.165) is 32.6 Å². The third-order valence-corrected chi connectivity index (χ3v) is 4.43. The Balaban J connectivity index is 2.50. The monoisotopic (exact) mass is 298 g/mol. The number of aryl methyl sites for hydroxylation is 2. The number of pyridine rings is 1. The Hall–Kier alpha value is -2.33. The summed E-state index contributed by atoms with van der Waals surface area (Å²) in [6, 6.07) is 9.89. The SMILES string of the molecule is Cn1ccc2c3[nH]c(Cl)[n+](C)c3c3ccccc3c2c1=O. The highest BCUT2D eigenvalue weighted by atomic mass is 35.5. The molecule has 2 aromatic heterocycles. The Labute approximate surface area is 125 Å². The van der Waals surface area contributed by atoms with Gasteiger partial charge in [0.25, 0.3) is 5.56 Å². The lowest BCUT2D eigenvalue weighted by molar-refractivity contribution is -0.641. The summed E-state index contributed by atoms with van der Waals surface area (Å²) in [6.07, 6.45) is 1.79. The topological polar surface area (TPSA) is 41.7 Å². The summed E-state index contributed by atoms with van der Waals surface area (Å²) in [7, 11) is 3.68. The average Bonchev–Trinajstić information content (AvgIpc) is 2.79. The lowest BCUT2D eigenvalue weighted by Gasteiger charge is -2.05. The summed E-state index contributed by atoms with van der Waals surface area (Å²) in [5.41, 5.74) is 1.91. The number of imidazole rings is 1. The smallest absolute Gasteiger partial charge is 0.318 e. The molecule has 0 atom stereocenters. The molecule has 21 heavy (non-hydrogen) atoms. The molecule has 4 nitrogen and oxygen atoms in total. The van der Waals surface area contributed by atoms with Crippen LogP contribution in [-0.4, -0.2) is 9.55 Å². The van der Waals surface area contributed by atoms with Gasteiger partial charge in [-0.05, 0) is 17.5 Å². The second-order valence-corrected chi connectivity index (χ2v) is 5.62. The first-order valence-corrected chi connectivity index (χ1v) is 7.04. The van der Waals surface area contributed by atoms with Crippen LogP contribution in [-0.2, 0) is 14.1 Å². The van der Waals surface area contributed by atoms with E-state index in [4.69, 9.17) is 11.6 Å². The van der Waals surface area contributed by atoms with Crippen LogP contribution in [0.1, 0.15) is 0 Å². The van der Waals surface area contributed by atoms with E-state index in [1.54, 1.807) is 17.8 Å². The van der Waals surface area contributed by atoms with E-state index >= 15 is 0 Å². The van der Waals surface area contributed by atoms with Crippen molar-refractivity contribution in [3.8, 4) is 0 Å². The zero-order valence-electron chi connectivity index (χ0n) is 11.6. The molecule has 1 N–H and O–H groups in total. The van der Waals surface area contributed by atoms with Gasteiger partial charge in [-0.15, -0.1) is 0 Å². The van der Waals surface area contributed by atoms with Gasteiger partial charge in [-0.2, -0.15) is 0 Å². The molecule has 4 rings (SSSR count). The largest absolute Gasteiger partial charge is 0.353 e. The van der Waals surface area contributed by atoms with Gasteiger partial charge in [0.2, 0.25) is 0 Å². The van der Waals surface area contributed by atoms with E-state index in [9.17, 15) is 4.79 Å². The number of hydrogen-bond donors (Lipinski definition) is 1. The molecule has 5 heteroatoms. The highest BCUT2D eigenvalue weighted by molar-refractivity contribution is 6.29. The fourth-order valence-electron chi connectivity index (χ4n) is 3.03. The van der Waals surface area contributed by atoms with E-state index in [1.807, 2.05) is 41.9 Å². The molecular weight excluding hydrogens is 286 g/mol. The Bertz CT molecular complexity index is 1090. The molecule has 0 spiro atoms. The number of aromatic amines is 1. The Morgan fingerprint density at radius 3 is 2.62 bits per heavy atom. The minimum atomic E-state index is -0.000949. The first-order chi connectivity index (χ1) is 10.1. The van der Waals surface area contributed by atoms with E-state index in [0.29, 0.717) is 5.28 Å². The molecule has 0 radical (unpaired) electrons. The third-order valence-electron chi connectivity index (χ3n) is 4.08. The van der Waals surface area contributed by atoms with Gasteiger partial charge in [-0.3, -0.25) is 4.79 Å². The van der Waals surface area contributed by atoms with Crippen LogP contribution in [0.2, 0.25) is 5.28 Å². The molecular formula is C16H13ClN3O+. The van der Waals surface area contributed by atoms with Crippen molar-refractivity contribution in [3.05, 3.63) is 52.2 Å². The number of H-pyrrole nitrogens is 1. The van der Waals surface area contributed by atoms with Crippen molar-refractivity contribution in [1.29, 1.82) is 0 Å². The average molecular weight is 299 g/mol. The summed E-state index contributed by atoms with van der Waals surface area (Å²) in [4.78, 5) is 15.8. The predicted octanol–water partition coefficient (Wildman–Crippen LogP) is 2.65. The van der Waals surface area contributed by atoms with Crippen molar-refractivity contribution >= 4 is 44.2 Å². The van der Waals surface area contributed by atoms with Crippen molar-refractivity contribution < 1.29 is 4.57 Å². The lowest BCUT2D eigenvalue weighted by atomic mass is 10.0. The van der Waals surface area contributed by atoms with Crippen LogP contribution in [0.25, 0.3) is 32.6 Å². The van der Waals surface area contributed by atoms with Gasteiger partial charge >= 0.3 is 5.28 Å². The molecule has 0 bridgehead atoms. The van der Waals surface area contributed by atoms with E-state index in [2.05, 4.69) is 4.98 Å². The minimum absolute atomic E-state index is 0.000949. The third kappa shape index (κ3) is 1.51. The molecule has 104 valence electrons. The molecule has 0 saturated heterocycles. The molecule has 2 heterocycles. The Morgan fingerprint density at radius 2 is 1.86 bits per heavy atom. The Morgan fingerprint density at radius 1 is 1.14 bits per heavy atom. The number of fused-ring (bicyclic) bond motifs is 6. The summed E-state index contributed by atoms with van der Waals surface area (Å²) < 4.78 is 3.52. The zero-order chi connectivity index (χ0) is 14.7. The van der Waals surface area contributed by atoms with Crippen LogP contribution in [0.3, 0.4) is 0 Å². The number of rotatable bonds is 0. The molecule has 0 aliphatic rings. The van der Waals surface area contributed by atoms with Crippen molar-refractivity contribution in [3.63, 3.8) is 0 Å². The molecule has 0 aliphatic heterocycles. The van der Waals surface area contributed by atoms with Gasteiger partial charge in [-0.25, -0.2) is 9.55 Å². The van der Waals surface area contributed by atoms with E-state index in [-0.39, 0.29) is 5.56 Å². The summed E-state index contributed by atoms with van der Waals surface area (Å²) in [5, 5.41) is 4.14. The van der Waals surface area contributed by atoms with Crippen LogP contribution < -0.4 is 10.1 Å². The number of nitrogens with one attached hydrogen (secondary N) is 1. The van der Waals surface area contributed by atoms with Crippen molar-refractivity contribution in [1.82, 2.24) is 9.55 Å². The van der Waals surface area contributed by atoms with Crippen molar-refractivity contribution in [2.75, 3.05) is 0 Å². The number of hydrogen-bond acceptors (Lipinski definition) is 1. The fourth-order valence-corrected chi connectivity index (χ4v) is 3.21. The number of aromatic nitrogens is 3. The van der Waals surface area contributed by atoms with Crippen LogP contribution in [0.15, 0.2) is 41.3 Å². The zero-order valence-corrected chi connectivity index (χ0v) is 12.4. The van der Waals surface area contributed by atoms with Gasteiger partial charge in [0.1, 0.15) is 0 Å². The maximum absolute atomic E-state index is 12.6. The summed E-state index contributed by atoms with van der Waals surface area (Å²) in [5.74, 6) is 0. The predicted molar refractivity (Wildman–Crippen MR) is 84.7 cm³/mol. The fraction of sp³-hybridized carbons (Fsp3) is 0.125. The maximum Gasteiger partial charge on any atom is 0.353 e. The highest BCUT2D eigenvalue weighted by Gasteiger charge is 2.21. The molecule has 0 fully saturated rings. The van der Waals surface area contributed by atoms with Gasteiger partial charge in [0.15, 0.2) is 11.0 Å². The highest BCUT2D eigenvalue weighted by Crippen LogP contribution is 2.31. The van der Waals surface area contributed by atoms with Crippen molar-refractivity contribution in [2.45, 2.75) is 0 Å². The van der Waals surface area contributed by atoms with E-state index < -0.39 is 0 Å². The van der Waals surface area contributed by atoms with Crippen LogP contribution >= 0.6 is 11.6 Å². The van der Waals surface area contributed by atoms with E-state index in [1.165, 1.54) is 0 Å². The number of benzene rings is 2. The van der Waals surface area contributed by atoms with Crippen LogP contribution in [0.5, 0.6) is 0 Å². The standard InChI is InChI=1S/C16H12ClN3O/c1-19-8-7-11-12(15(19)21)9-5-3-4-6-10(9)14-13(11)18-16(17)20(14)2/h3-8H,1-2H3/p+1. The molecule has 0 unspecified atom stereocenters. The second-order valence-electron chi connectivity index (χ2n) is 5.26. The lowest BCUT2D eigenvalue weighted by Crippen LogP contribution is -2.27. The normalized spacial score (nSPS) is 11.8. The Kier molecular flexibility index (Phi) is 2.41. The molecule has 0 amide bonds. The second kappa shape index (κ2) is 4.09. The molecule has 2 aromatic carbocycles. The molecule has 0 aliphatic carbocycles. The summed E-state index contributed by atoms with van der Waals surface area (Å²) >= 11 is 6.25. The van der Waals surface area contributed by atoms with Gasteiger partial charge in [0, 0.05) is 35.6 Å². The van der Waals surface area contributed by atoms with Crippen LogP contribution in [0, 0.1) is 0 Å².